The Labute approximate surface area is 73.2 Å². The van der Waals surface area contributed by atoms with E-state index in [2.05, 4.69) is 0 Å². The molecule has 0 fully saturated rings. The van der Waals surface area contributed by atoms with Crippen LogP contribution >= 0.6 is 0 Å². The largest absolute Gasteiger partial charge is 0.370 e. The molecule has 0 aliphatic heterocycles. The molecule has 0 rings (SSSR count). The monoisotopic (exact) mass is 171 g/mol. The summed E-state index contributed by atoms with van der Waals surface area (Å²) in [5.41, 5.74) is 4.97. The third kappa shape index (κ3) is 5.70. The molecule has 4 nitrogen and oxygen atoms in total. The number of carbonyl (C=O) groups excluding carboxylic acids is 1. The van der Waals surface area contributed by atoms with Gasteiger partial charge in [-0.25, -0.2) is 0 Å². The zero-order valence-electron chi connectivity index (χ0n) is 7.76. The van der Waals surface area contributed by atoms with Crippen LogP contribution in [0.3, 0.4) is 0 Å². The van der Waals surface area contributed by atoms with E-state index in [9.17, 15) is 4.79 Å². The number of amidine groups is 1. The molecule has 0 heterocycles. The number of rotatable bonds is 5. The molecular formula is C8H17N3O. The predicted octanol–water partition coefficient (Wildman–Crippen LogP) is 0.571. The van der Waals surface area contributed by atoms with Gasteiger partial charge in [-0.1, -0.05) is 0 Å². The molecule has 0 aliphatic rings. The molecule has 4 heteroatoms. The van der Waals surface area contributed by atoms with E-state index >= 15 is 0 Å². The lowest BCUT2D eigenvalue weighted by Gasteiger charge is -2.16. The normalized spacial score (nSPS) is 9.50. The number of nitrogens with zero attached hydrogens (tertiary/aromatic N) is 1. The Kier molecular flexibility index (Phi) is 5.08. The zero-order chi connectivity index (χ0) is 9.56. The summed E-state index contributed by atoms with van der Waals surface area (Å²) in [6.45, 7) is 2.57. The molecule has 0 spiro atoms. The van der Waals surface area contributed by atoms with E-state index in [1.165, 1.54) is 0 Å². The van der Waals surface area contributed by atoms with Crippen molar-refractivity contribution < 1.29 is 4.79 Å². The van der Waals surface area contributed by atoms with Gasteiger partial charge in [-0.2, -0.15) is 0 Å². The molecule has 0 aliphatic carbocycles. The first kappa shape index (κ1) is 10.9. The van der Waals surface area contributed by atoms with Crippen molar-refractivity contribution in [3.63, 3.8) is 0 Å². The highest BCUT2D eigenvalue weighted by Gasteiger charge is 1.98. The standard InChI is InChI=1S/C8H17N3O/c1-7(9)11(2)6-4-3-5-8(10)12/h9H,3-6H2,1-2H3,(H2,10,12). The average Bonchev–Trinajstić information content (AvgIpc) is 1.97. The highest BCUT2D eigenvalue weighted by Crippen LogP contribution is 1.96. The summed E-state index contributed by atoms with van der Waals surface area (Å²) in [6.07, 6.45) is 2.17. The summed E-state index contributed by atoms with van der Waals surface area (Å²) in [4.78, 5) is 12.2. The average molecular weight is 171 g/mol. The Bertz CT molecular complexity index is 168. The predicted molar refractivity (Wildman–Crippen MR) is 49.1 cm³/mol. The molecule has 0 atom stereocenters. The lowest BCUT2D eigenvalue weighted by molar-refractivity contribution is -0.118. The first-order valence-corrected chi connectivity index (χ1v) is 4.08. The molecule has 12 heavy (non-hydrogen) atoms. The summed E-state index contributed by atoms with van der Waals surface area (Å²) in [5.74, 6) is 0.304. The molecule has 70 valence electrons. The van der Waals surface area contributed by atoms with Crippen LogP contribution in [0.15, 0.2) is 0 Å². The topological polar surface area (TPSA) is 70.2 Å². The van der Waals surface area contributed by atoms with Crippen LogP contribution in [0, 0.1) is 5.41 Å². The number of hydrogen-bond donors (Lipinski definition) is 2. The van der Waals surface area contributed by atoms with Gasteiger partial charge in [0.25, 0.3) is 0 Å². The van der Waals surface area contributed by atoms with Crippen molar-refractivity contribution in [3.8, 4) is 0 Å². The van der Waals surface area contributed by atoms with Crippen molar-refractivity contribution >= 4 is 11.7 Å². The quantitative estimate of drug-likeness (QED) is 0.360. The lowest BCUT2D eigenvalue weighted by Crippen LogP contribution is -2.24. The highest BCUT2D eigenvalue weighted by molar-refractivity contribution is 5.75. The van der Waals surface area contributed by atoms with E-state index in [1.807, 2.05) is 11.9 Å². The smallest absolute Gasteiger partial charge is 0.217 e. The van der Waals surface area contributed by atoms with Crippen molar-refractivity contribution in [2.24, 2.45) is 5.73 Å². The van der Waals surface area contributed by atoms with Crippen LogP contribution in [0.4, 0.5) is 0 Å². The molecule has 3 N–H and O–H groups in total. The molecule has 0 saturated heterocycles. The molecule has 0 aromatic rings. The third-order valence-corrected chi connectivity index (χ3v) is 1.74. The second-order valence-electron chi connectivity index (χ2n) is 2.93. The zero-order valence-corrected chi connectivity index (χ0v) is 7.76. The van der Waals surface area contributed by atoms with Crippen LogP contribution in [-0.2, 0) is 4.79 Å². The van der Waals surface area contributed by atoms with Crippen LogP contribution in [0.1, 0.15) is 26.2 Å². The highest BCUT2D eigenvalue weighted by atomic mass is 16.1. The lowest BCUT2D eigenvalue weighted by atomic mass is 10.2. The number of nitrogens with one attached hydrogen (secondary N) is 1. The van der Waals surface area contributed by atoms with Gasteiger partial charge in [-0.05, 0) is 19.8 Å². The Morgan fingerprint density at radius 1 is 1.50 bits per heavy atom. The van der Waals surface area contributed by atoms with Crippen molar-refractivity contribution in [2.45, 2.75) is 26.2 Å². The van der Waals surface area contributed by atoms with Crippen molar-refractivity contribution in [1.82, 2.24) is 4.90 Å². The van der Waals surface area contributed by atoms with Gasteiger partial charge in [0.15, 0.2) is 0 Å². The van der Waals surface area contributed by atoms with Crippen molar-refractivity contribution in [2.75, 3.05) is 13.6 Å². The SMILES string of the molecule is CC(=N)N(C)CCCCC(N)=O. The molecule has 0 bridgehead atoms. The molecule has 0 aromatic heterocycles. The molecule has 0 radical (unpaired) electrons. The summed E-state index contributed by atoms with van der Waals surface area (Å²) in [7, 11) is 1.87. The fourth-order valence-electron chi connectivity index (χ4n) is 0.816. The number of nitrogens with two attached hydrogens (primary N) is 1. The second kappa shape index (κ2) is 5.57. The van der Waals surface area contributed by atoms with E-state index in [4.69, 9.17) is 11.1 Å². The molecule has 0 aromatic carbocycles. The van der Waals surface area contributed by atoms with Gasteiger partial charge in [0.1, 0.15) is 0 Å². The van der Waals surface area contributed by atoms with Crippen LogP contribution in [0.25, 0.3) is 0 Å². The van der Waals surface area contributed by atoms with E-state index in [0.29, 0.717) is 12.3 Å². The van der Waals surface area contributed by atoms with Crippen LogP contribution in [0.2, 0.25) is 0 Å². The van der Waals surface area contributed by atoms with Crippen LogP contribution in [-0.4, -0.2) is 30.2 Å². The summed E-state index contributed by atoms with van der Waals surface area (Å²) in [5, 5.41) is 7.25. The van der Waals surface area contributed by atoms with Crippen LogP contribution in [0.5, 0.6) is 0 Å². The van der Waals surface area contributed by atoms with Gasteiger partial charge in [0, 0.05) is 20.0 Å². The van der Waals surface area contributed by atoms with E-state index < -0.39 is 0 Å². The second-order valence-corrected chi connectivity index (χ2v) is 2.93. The fourth-order valence-corrected chi connectivity index (χ4v) is 0.816. The van der Waals surface area contributed by atoms with Crippen molar-refractivity contribution in [3.05, 3.63) is 0 Å². The minimum atomic E-state index is -0.246. The van der Waals surface area contributed by atoms with Gasteiger partial charge in [-0.15, -0.1) is 0 Å². The van der Waals surface area contributed by atoms with Gasteiger partial charge < -0.3 is 10.6 Å². The summed E-state index contributed by atoms with van der Waals surface area (Å²) >= 11 is 0. The Morgan fingerprint density at radius 3 is 2.50 bits per heavy atom. The number of carbonyl (C=O) groups is 1. The third-order valence-electron chi connectivity index (χ3n) is 1.74. The van der Waals surface area contributed by atoms with Crippen molar-refractivity contribution in [1.29, 1.82) is 5.41 Å². The number of hydrogen-bond acceptors (Lipinski definition) is 2. The summed E-state index contributed by atoms with van der Waals surface area (Å²) in [6, 6.07) is 0. The molecule has 1 amide bonds. The minimum absolute atomic E-state index is 0.246. The van der Waals surface area contributed by atoms with E-state index in [1.54, 1.807) is 6.92 Å². The van der Waals surface area contributed by atoms with Gasteiger partial charge >= 0.3 is 0 Å². The Hall–Kier alpha value is -1.06. The van der Waals surface area contributed by atoms with E-state index in [-0.39, 0.29) is 5.91 Å². The van der Waals surface area contributed by atoms with Crippen LogP contribution < -0.4 is 5.73 Å². The first-order valence-electron chi connectivity index (χ1n) is 4.08. The van der Waals surface area contributed by atoms with Gasteiger partial charge in [0.2, 0.25) is 5.91 Å². The van der Waals surface area contributed by atoms with Gasteiger partial charge in [-0.3, -0.25) is 10.2 Å². The molecule has 0 unspecified atom stereocenters. The molecular weight excluding hydrogens is 154 g/mol. The summed E-state index contributed by atoms with van der Waals surface area (Å²) < 4.78 is 0. The first-order chi connectivity index (χ1) is 5.54. The maximum Gasteiger partial charge on any atom is 0.217 e. The Balaban J connectivity index is 3.31. The minimum Gasteiger partial charge on any atom is -0.370 e. The van der Waals surface area contributed by atoms with Gasteiger partial charge in [0.05, 0.1) is 5.84 Å². The number of unbranched alkanes of at least 4 members (excludes halogenated alkanes) is 1. The molecule has 0 saturated carbocycles. The number of amides is 1. The maximum atomic E-state index is 10.3. The van der Waals surface area contributed by atoms with E-state index in [0.717, 1.165) is 19.4 Å². The number of primary amides is 1. The Morgan fingerprint density at radius 2 is 2.08 bits per heavy atom. The fraction of sp³-hybridized carbons (Fsp3) is 0.750. The maximum absolute atomic E-state index is 10.3.